The van der Waals surface area contributed by atoms with Gasteiger partial charge in [-0.1, -0.05) is 5.21 Å². The number of hydrogen-bond donors (Lipinski definition) is 2. The van der Waals surface area contributed by atoms with Gasteiger partial charge in [0.25, 0.3) is 11.8 Å². The van der Waals surface area contributed by atoms with Crippen molar-refractivity contribution in [3.8, 4) is 5.69 Å². The first-order valence-electron chi connectivity index (χ1n) is 11.6. The van der Waals surface area contributed by atoms with Crippen LogP contribution < -0.4 is 10.6 Å². The fourth-order valence-corrected chi connectivity index (χ4v) is 4.84. The molecule has 5 heterocycles. The molecule has 3 aromatic rings. The van der Waals surface area contributed by atoms with Crippen molar-refractivity contribution in [2.45, 2.75) is 38.5 Å². The van der Waals surface area contributed by atoms with Gasteiger partial charge in [-0.15, -0.1) is 5.10 Å². The van der Waals surface area contributed by atoms with Crippen LogP contribution in [0.2, 0.25) is 0 Å². The van der Waals surface area contributed by atoms with Crippen LogP contribution in [0, 0.1) is 0 Å². The highest BCUT2D eigenvalue weighted by atomic mass is 16.2. The van der Waals surface area contributed by atoms with Crippen LogP contribution in [0.25, 0.3) is 5.69 Å². The Morgan fingerprint density at radius 3 is 2.83 bits per heavy atom. The lowest BCUT2D eigenvalue weighted by Gasteiger charge is -2.29. The third kappa shape index (κ3) is 3.82. The fourth-order valence-electron chi connectivity index (χ4n) is 4.84. The molecule has 1 aromatic carbocycles. The van der Waals surface area contributed by atoms with E-state index in [2.05, 4.69) is 30.9 Å². The molecule has 0 bridgehead atoms. The lowest BCUT2D eigenvalue weighted by atomic mass is 10.0. The van der Waals surface area contributed by atoms with Gasteiger partial charge in [-0.05, 0) is 37.2 Å². The maximum atomic E-state index is 12.9. The summed E-state index contributed by atoms with van der Waals surface area (Å²) in [6.45, 7) is 2.67. The number of likely N-dealkylation sites (N-methyl/N-ethyl adjacent to an activating group) is 1. The zero-order valence-electron chi connectivity index (χ0n) is 19.5. The Morgan fingerprint density at radius 2 is 2.00 bits per heavy atom. The Hall–Kier alpha value is -4.39. The summed E-state index contributed by atoms with van der Waals surface area (Å²) >= 11 is 0. The minimum atomic E-state index is -0.679. The van der Waals surface area contributed by atoms with Crippen molar-refractivity contribution in [2.75, 3.05) is 18.9 Å². The Bertz CT molecular complexity index is 1420. The number of nitrogens with zero attached hydrogens (tertiary/aromatic N) is 7. The number of hydrogen-bond acceptors (Lipinski definition) is 8. The lowest BCUT2D eigenvalue weighted by molar-refractivity contribution is -0.136. The summed E-state index contributed by atoms with van der Waals surface area (Å²) in [6.07, 6.45) is 2.01. The zero-order chi connectivity index (χ0) is 25.0. The van der Waals surface area contributed by atoms with Crippen molar-refractivity contribution in [3.63, 3.8) is 0 Å². The van der Waals surface area contributed by atoms with Crippen LogP contribution >= 0.6 is 0 Å². The minimum Gasteiger partial charge on any atom is -0.322 e. The molecule has 6 rings (SSSR count). The molecule has 13 heteroatoms. The van der Waals surface area contributed by atoms with Gasteiger partial charge in [-0.25, -0.2) is 4.68 Å². The smallest absolute Gasteiger partial charge is 0.279 e. The Morgan fingerprint density at radius 1 is 1.14 bits per heavy atom. The van der Waals surface area contributed by atoms with Crippen LogP contribution in [-0.4, -0.2) is 77.8 Å². The van der Waals surface area contributed by atoms with E-state index < -0.39 is 17.9 Å². The van der Waals surface area contributed by atoms with E-state index in [-0.39, 0.29) is 30.5 Å². The SMILES string of the molecule is CN1CCn2nc(NC(=O)c3cn(-c4ccc5c(c4)CN(C4CCC(=O)NC4=O)C5=O)nn3)cc2C1. The average molecular weight is 489 g/mol. The van der Waals surface area contributed by atoms with E-state index >= 15 is 0 Å². The third-order valence-corrected chi connectivity index (χ3v) is 6.73. The molecule has 4 amide bonds. The first-order valence-corrected chi connectivity index (χ1v) is 11.6. The van der Waals surface area contributed by atoms with E-state index in [9.17, 15) is 19.2 Å². The number of fused-ring (bicyclic) bond motifs is 2. The second-order valence-electron chi connectivity index (χ2n) is 9.23. The highest BCUT2D eigenvalue weighted by Crippen LogP contribution is 2.29. The van der Waals surface area contributed by atoms with Gasteiger partial charge in [-0.2, -0.15) is 5.10 Å². The molecule has 0 saturated carbocycles. The van der Waals surface area contributed by atoms with E-state index in [4.69, 9.17) is 0 Å². The first kappa shape index (κ1) is 22.1. The number of carbonyl (C=O) groups is 4. The van der Waals surface area contributed by atoms with Crippen molar-refractivity contribution < 1.29 is 19.2 Å². The quantitative estimate of drug-likeness (QED) is 0.484. The summed E-state index contributed by atoms with van der Waals surface area (Å²) in [7, 11) is 2.04. The molecule has 3 aliphatic heterocycles. The average Bonchev–Trinajstić information content (AvgIpc) is 3.56. The Balaban J connectivity index is 1.17. The topological polar surface area (TPSA) is 147 Å². The van der Waals surface area contributed by atoms with Crippen LogP contribution in [-0.2, 0) is 29.2 Å². The summed E-state index contributed by atoms with van der Waals surface area (Å²) in [4.78, 5) is 53.0. The summed E-state index contributed by atoms with van der Waals surface area (Å²) in [5.74, 6) is -0.993. The molecule has 0 aliphatic carbocycles. The molecular weight excluding hydrogens is 466 g/mol. The maximum Gasteiger partial charge on any atom is 0.279 e. The predicted octanol–water partition coefficient (Wildman–Crippen LogP) is -0.0775. The standard InChI is InChI=1S/C23H23N9O4/c1-29-6-7-31-15(11-29)9-19(27-31)24-21(34)17-12-32(28-26-17)14-2-3-16-13(8-14)10-30(23(16)36)18-4-5-20(33)25-22(18)35/h2-3,8-9,12,18H,4-7,10-11H2,1H3,(H,24,27,34)(H,25,33,35). The molecule has 1 saturated heterocycles. The van der Waals surface area contributed by atoms with E-state index in [1.807, 2.05) is 17.8 Å². The molecule has 0 spiro atoms. The normalized spacial score (nSPS) is 19.8. The summed E-state index contributed by atoms with van der Waals surface area (Å²) in [5, 5.41) is 17.6. The number of piperidine rings is 1. The number of benzene rings is 1. The Labute approximate surface area is 205 Å². The highest BCUT2D eigenvalue weighted by molar-refractivity contribution is 6.05. The number of nitrogens with one attached hydrogen (secondary N) is 2. The van der Waals surface area contributed by atoms with Crippen LogP contribution in [0.5, 0.6) is 0 Å². The maximum absolute atomic E-state index is 12.9. The summed E-state index contributed by atoms with van der Waals surface area (Å²) in [5.41, 5.74) is 3.01. The third-order valence-electron chi connectivity index (χ3n) is 6.73. The minimum absolute atomic E-state index is 0.125. The van der Waals surface area contributed by atoms with Gasteiger partial charge in [0.1, 0.15) is 6.04 Å². The van der Waals surface area contributed by atoms with E-state index in [1.54, 1.807) is 18.2 Å². The number of imide groups is 1. The van der Waals surface area contributed by atoms with Crippen molar-refractivity contribution >= 4 is 29.4 Å². The van der Waals surface area contributed by atoms with Gasteiger partial charge in [0.2, 0.25) is 11.8 Å². The predicted molar refractivity (Wildman–Crippen MR) is 124 cm³/mol. The number of carbonyl (C=O) groups excluding carboxylic acids is 4. The van der Waals surface area contributed by atoms with Gasteiger partial charge >= 0.3 is 0 Å². The molecular formula is C23H23N9O4. The van der Waals surface area contributed by atoms with Gasteiger partial charge in [0, 0.05) is 37.7 Å². The summed E-state index contributed by atoms with van der Waals surface area (Å²) < 4.78 is 3.35. The second kappa shape index (κ2) is 8.37. The van der Waals surface area contributed by atoms with Crippen molar-refractivity contribution in [1.82, 2.24) is 39.9 Å². The van der Waals surface area contributed by atoms with Crippen molar-refractivity contribution in [1.29, 1.82) is 0 Å². The molecule has 1 atom stereocenters. The zero-order valence-corrected chi connectivity index (χ0v) is 19.5. The van der Waals surface area contributed by atoms with Crippen LogP contribution in [0.1, 0.15) is 44.9 Å². The molecule has 1 fully saturated rings. The number of aromatic nitrogens is 5. The number of rotatable bonds is 4. The van der Waals surface area contributed by atoms with Crippen LogP contribution in [0.4, 0.5) is 5.82 Å². The lowest BCUT2D eigenvalue weighted by Crippen LogP contribution is -2.52. The second-order valence-corrected chi connectivity index (χ2v) is 9.23. The molecule has 2 N–H and O–H groups in total. The molecule has 3 aliphatic rings. The molecule has 1 unspecified atom stereocenters. The molecule has 13 nitrogen and oxygen atoms in total. The number of anilines is 1. The Kier molecular flexibility index (Phi) is 5.14. The van der Waals surface area contributed by atoms with Gasteiger partial charge < -0.3 is 10.2 Å². The monoisotopic (exact) mass is 489 g/mol. The van der Waals surface area contributed by atoms with Gasteiger partial charge in [-0.3, -0.25) is 34.1 Å². The van der Waals surface area contributed by atoms with E-state index in [1.165, 1.54) is 15.8 Å². The summed E-state index contributed by atoms with van der Waals surface area (Å²) in [6, 6.07) is 6.34. The van der Waals surface area contributed by atoms with Crippen LogP contribution in [0.3, 0.4) is 0 Å². The van der Waals surface area contributed by atoms with Crippen molar-refractivity contribution in [2.24, 2.45) is 0 Å². The van der Waals surface area contributed by atoms with E-state index in [0.29, 0.717) is 23.5 Å². The first-order chi connectivity index (χ1) is 17.4. The fraction of sp³-hybridized carbons (Fsp3) is 0.348. The van der Waals surface area contributed by atoms with Gasteiger partial charge in [0.15, 0.2) is 11.5 Å². The molecule has 184 valence electrons. The van der Waals surface area contributed by atoms with Crippen LogP contribution in [0.15, 0.2) is 30.5 Å². The van der Waals surface area contributed by atoms with Gasteiger partial charge in [0.05, 0.1) is 24.1 Å². The van der Waals surface area contributed by atoms with E-state index in [0.717, 1.165) is 30.9 Å². The molecule has 2 aromatic heterocycles. The number of amides is 4. The van der Waals surface area contributed by atoms with Crippen molar-refractivity contribution in [3.05, 3.63) is 53.0 Å². The molecule has 0 radical (unpaired) electrons. The highest BCUT2D eigenvalue weighted by Gasteiger charge is 2.39. The molecule has 36 heavy (non-hydrogen) atoms. The largest absolute Gasteiger partial charge is 0.322 e.